The first kappa shape index (κ1) is 14.2. The summed E-state index contributed by atoms with van der Waals surface area (Å²) in [6.45, 7) is 2.82. The van der Waals surface area contributed by atoms with Gasteiger partial charge in [0.2, 0.25) is 0 Å². The van der Waals surface area contributed by atoms with Crippen LogP contribution in [0.4, 0.5) is 0 Å². The van der Waals surface area contributed by atoms with E-state index in [0.29, 0.717) is 25.4 Å². The number of morpholine rings is 1. The van der Waals surface area contributed by atoms with Crippen LogP contribution in [0.3, 0.4) is 0 Å². The lowest BCUT2D eigenvalue weighted by molar-refractivity contribution is -0.0157. The van der Waals surface area contributed by atoms with Crippen molar-refractivity contribution in [2.75, 3.05) is 19.8 Å². The Bertz CT molecular complexity index is 878. The maximum atomic E-state index is 12.1. The molecule has 7 nitrogen and oxygen atoms in total. The van der Waals surface area contributed by atoms with E-state index in [2.05, 4.69) is 25.6 Å². The molecule has 23 heavy (non-hydrogen) atoms. The number of aryl methyl sites for hydroxylation is 1. The number of rotatable bonds is 3. The Kier molecular flexibility index (Phi) is 3.51. The second kappa shape index (κ2) is 5.68. The molecule has 1 atom stereocenters. The Morgan fingerprint density at radius 1 is 1.43 bits per heavy atom. The van der Waals surface area contributed by atoms with E-state index in [1.807, 2.05) is 19.3 Å². The van der Waals surface area contributed by atoms with Gasteiger partial charge in [-0.1, -0.05) is 0 Å². The Hall–Kier alpha value is -2.38. The summed E-state index contributed by atoms with van der Waals surface area (Å²) in [6.07, 6.45) is 3.76. The number of aromatic amines is 1. The normalized spacial score (nSPS) is 19.4. The Morgan fingerprint density at radius 3 is 3.17 bits per heavy atom. The van der Waals surface area contributed by atoms with Crippen LogP contribution in [-0.4, -0.2) is 43.8 Å². The first-order valence-corrected chi connectivity index (χ1v) is 7.71. The van der Waals surface area contributed by atoms with Crippen molar-refractivity contribution in [3.8, 4) is 0 Å². The topological polar surface area (TPSA) is 67.6 Å². The lowest BCUT2D eigenvalue weighted by Gasteiger charge is -2.35. The molecule has 4 heterocycles. The van der Waals surface area contributed by atoms with Gasteiger partial charge in [0.25, 0.3) is 5.56 Å². The highest BCUT2D eigenvalue weighted by atomic mass is 16.5. The fourth-order valence-corrected chi connectivity index (χ4v) is 3.19. The molecule has 3 aromatic heterocycles. The van der Waals surface area contributed by atoms with Gasteiger partial charge in [0.15, 0.2) is 5.65 Å². The van der Waals surface area contributed by atoms with Gasteiger partial charge in [0.1, 0.15) is 0 Å². The van der Waals surface area contributed by atoms with Gasteiger partial charge in [-0.3, -0.25) is 14.8 Å². The number of hydrogen-bond donors (Lipinski definition) is 1. The van der Waals surface area contributed by atoms with Gasteiger partial charge in [0, 0.05) is 50.4 Å². The molecule has 0 amide bonds. The van der Waals surface area contributed by atoms with Crippen molar-refractivity contribution < 1.29 is 4.74 Å². The molecule has 1 saturated heterocycles. The third kappa shape index (κ3) is 2.58. The highest BCUT2D eigenvalue weighted by Gasteiger charge is 2.26. The van der Waals surface area contributed by atoms with Gasteiger partial charge < -0.3 is 9.30 Å². The SMILES string of the molecule is Cn1cccc1C1COCCN1Cc1cc(=O)n2[nH]ccc2n1. The van der Waals surface area contributed by atoms with E-state index < -0.39 is 0 Å². The van der Waals surface area contributed by atoms with Crippen molar-refractivity contribution >= 4 is 5.65 Å². The molecule has 7 heteroatoms. The molecule has 0 aromatic carbocycles. The predicted molar refractivity (Wildman–Crippen MR) is 85.2 cm³/mol. The van der Waals surface area contributed by atoms with Crippen molar-refractivity contribution in [2.24, 2.45) is 7.05 Å². The Morgan fingerprint density at radius 2 is 2.35 bits per heavy atom. The maximum Gasteiger partial charge on any atom is 0.272 e. The van der Waals surface area contributed by atoms with E-state index in [-0.39, 0.29) is 11.6 Å². The van der Waals surface area contributed by atoms with Gasteiger partial charge in [-0.05, 0) is 12.1 Å². The number of fused-ring (bicyclic) bond motifs is 1. The highest BCUT2D eigenvalue weighted by molar-refractivity contribution is 5.36. The summed E-state index contributed by atoms with van der Waals surface area (Å²) in [5.41, 5.74) is 2.56. The molecule has 1 aliphatic heterocycles. The van der Waals surface area contributed by atoms with E-state index in [4.69, 9.17) is 4.74 Å². The van der Waals surface area contributed by atoms with E-state index in [1.165, 1.54) is 10.2 Å². The first-order valence-electron chi connectivity index (χ1n) is 7.71. The summed E-state index contributed by atoms with van der Waals surface area (Å²) in [5.74, 6) is 0. The summed E-state index contributed by atoms with van der Waals surface area (Å²) in [4.78, 5) is 19.0. The Balaban J connectivity index is 1.64. The fraction of sp³-hybridized carbons (Fsp3) is 0.375. The van der Waals surface area contributed by atoms with Crippen LogP contribution in [-0.2, 0) is 18.3 Å². The van der Waals surface area contributed by atoms with Gasteiger partial charge in [-0.15, -0.1) is 0 Å². The molecular weight excluding hydrogens is 294 g/mol. The molecule has 0 saturated carbocycles. The second-order valence-corrected chi connectivity index (χ2v) is 5.85. The molecule has 1 unspecified atom stereocenters. The van der Waals surface area contributed by atoms with Crippen LogP contribution in [0.25, 0.3) is 5.65 Å². The highest BCUT2D eigenvalue weighted by Crippen LogP contribution is 2.25. The summed E-state index contributed by atoms with van der Waals surface area (Å²) < 4.78 is 9.22. The van der Waals surface area contributed by atoms with E-state index in [0.717, 1.165) is 12.2 Å². The van der Waals surface area contributed by atoms with Crippen molar-refractivity contribution in [1.29, 1.82) is 0 Å². The number of H-pyrrole nitrogens is 1. The van der Waals surface area contributed by atoms with Crippen molar-refractivity contribution in [2.45, 2.75) is 12.6 Å². The van der Waals surface area contributed by atoms with Crippen LogP contribution in [0.1, 0.15) is 17.4 Å². The quantitative estimate of drug-likeness (QED) is 0.781. The minimum Gasteiger partial charge on any atom is -0.378 e. The van der Waals surface area contributed by atoms with E-state index in [1.54, 1.807) is 18.3 Å². The zero-order valence-corrected chi connectivity index (χ0v) is 13.0. The lowest BCUT2D eigenvalue weighted by Crippen LogP contribution is -2.40. The lowest BCUT2D eigenvalue weighted by atomic mass is 10.1. The van der Waals surface area contributed by atoms with Crippen LogP contribution < -0.4 is 5.56 Å². The molecule has 3 aromatic rings. The fourth-order valence-electron chi connectivity index (χ4n) is 3.19. The standard InChI is InChI=1S/C16H19N5O2/c1-19-6-2-3-13(19)14-11-23-8-7-20(14)10-12-9-16(22)21-15(18-12)4-5-17-21/h2-6,9,14,17H,7-8,10-11H2,1H3. The number of ether oxygens (including phenoxy) is 1. The summed E-state index contributed by atoms with van der Waals surface area (Å²) >= 11 is 0. The van der Waals surface area contributed by atoms with Crippen molar-refractivity contribution in [3.63, 3.8) is 0 Å². The number of hydrogen-bond acceptors (Lipinski definition) is 4. The third-order valence-electron chi connectivity index (χ3n) is 4.36. The van der Waals surface area contributed by atoms with Crippen LogP contribution in [0.5, 0.6) is 0 Å². The molecule has 1 aliphatic rings. The average molecular weight is 313 g/mol. The summed E-state index contributed by atoms with van der Waals surface area (Å²) in [6, 6.07) is 7.73. The van der Waals surface area contributed by atoms with Gasteiger partial charge >= 0.3 is 0 Å². The average Bonchev–Trinajstić information content (AvgIpc) is 3.17. The van der Waals surface area contributed by atoms with Crippen LogP contribution in [0.2, 0.25) is 0 Å². The van der Waals surface area contributed by atoms with Crippen LogP contribution in [0.15, 0.2) is 41.5 Å². The minimum absolute atomic E-state index is 0.0846. The maximum absolute atomic E-state index is 12.1. The molecule has 0 spiro atoms. The smallest absolute Gasteiger partial charge is 0.272 e. The van der Waals surface area contributed by atoms with Gasteiger partial charge in [-0.25, -0.2) is 9.50 Å². The zero-order valence-electron chi connectivity index (χ0n) is 13.0. The molecule has 4 rings (SSSR count). The first-order chi connectivity index (χ1) is 11.2. The molecule has 1 N–H and O–H groups in total. The van der Waals surface area contributed by atoms with E-state index >= 15 is 0 Å². The minimum atomic E-state index is -0.0846. The number of aromatic nitrogens is 4. The van der Waals surface area contributed by atoms with Gasteiger partial charge in [-0.2, -0.15) is 0 Å². The number of nitrogens with one attached hydrogen (secondary N) is 1. The summed E-state index contributed by atoms with van der Waals surface area (Å²) in [7, 11) is 2.04. The molecule has 0 aliphatic carbocycles. The summed E-state index contributed by atoms with van der Waals surface area (Å²) in [5, 5.41) is 2.86. The van der Waals surface area contributed by atoms with Gasteiger partial charge in [0.05, 0.1) is 24.9 Å². The Labute approximate surface area is 133 Å². The van der Waals surface area contributed by atoms with E-state index in [9.17, 15) is 4.79 Å². The monoisotopic (exact) mass is 313 g/mol. The zero-order chi connectivity index (χ0) is 15.8. The second-order valence-electron chi connectivity index (χ2n) is 5.85. The van der Waals surface area contributed by atoms with Crippen molar-refractivity contribution in [3.05, 3.63) is 58.4 Å². The molecule has 120 valence electrons. The number of nitrogens with zero attached hydrogens (tertiary/aromatic N) is 4. The molecule has 1 fully saturated rings. The molecule has 0 bridgehead atoms. The van der Waals surface area contributed by atoms with Crippen LogP contribution >= 0.6 is 0 Å². The van der Waals surface area contributed by atoms with Crippen LogP contribution in [0, 0.1) is 0 Å². The van der Waals surface area contributed by atoms with Crippen molar-refractivity contribution in [1.82, 2.24) is 24.1 Å². The predicted octanol–water partition coefficient (Wildman–Crippen LogP) is 0.935. The molecular formula is C16H19N5O2. The largest absolute Gasteiger partial charge is 0.378 e. The molecule has 0 radical (unpaired) electrons. The third-order valence-corrected chi connectivity index (χ3v) is 4.36.